The molecule has 4 nitrogen and oxygen atoms in total. The summed E-state index contributed by atoms with van der Waals surface area (Å²) in [6.45, 7) is 5.92. The van der Waals surface area contributed by atoms with Crippen LogP contribution in [0, 0.1) is 0 Å². The Morgan fingerprint density at radius 1 is 1.20 bits per heavy atom. The summed E-state index contributed by atoms with van der Waals surface area (Å²) in [6, 6.07) is 11.8. The average Bonchev–Trinajstić information content (AvgIpc) is 2.38. The Bertz CT molecular complexity index is 637. The second-order valence-corrected chi connectivity index (χ2v) is 5.37. The molecule has 0 bridgehead atoms. The van der Waals surface area contributed by atoms with E-state index >= 15 is 0 Å². The molecule has 0 radical (unpaired) electrons. The van der Waals surface area contributed by atoms with E-state index in [-0.39, 0.29) is 22.9 Å². The summed E-state index contributed by atoms with van der Waals surface area (Å²) < 4.78 is 1.60. The zero-order chi connectivity index (χ0) is 14.7. The van der Waals surface area contributed by atoms with Crippen LogP contribution in [-0.4, -0.2) is 9.55 Å². The Morgan fingerprint density at radius 3 is 2.45 bits per heavy atom. The van der Waals surface area contributed by atoms with Gasteiger partial charge in [-0.25, -0.2) is 4.79 Å². The SMILES string of the molecule is CC(C)n1c(N[C@@H](C)c2ccccc2)cc(Cl)nc1=O. The van der Waals surface area contributed by atoms with E-state index in [1.807, 2.05) is 51.1 Å². The lowest BCUT2D eigenvalue weighted by Crippen LogP contribution is -2.28. The van der Waals surface area contributed by atoms with Gasteiger partial charge in [0.2, 0.25) is 0 Å². The number of anilines is 1. The average molecular weight is 292 g/mol. The maximum atomic E-state index is 11.9. The predicted octanol–water partition coefficient (Wildman–Crippen LogP) is 3.65. The van der Waals surface area contributed by atoms with E-state index in [4.69, 9.17) is 11.6 Å². The highest BCUT2D eigenvalue weighted by Gasteiger charge is 2.13. The number of nitrogens with one attached hydrogen (secondary N) is 1. The molecule has 1 heterocycles. The van der Waals surface area contributed by atoms with Crippen molar-refractivity contribution in [3.8, 4) is 0 Å². The summed E-state index contributed by atoms with van der Waals surface area (Å²) in [4.78, 5) is 15.7. The van der Waals surface area contributed by atoms with Crippen LogP contribution in [0.5, 0.6) is 0 Å². The van der Waals surface area contributed by atoms with Crippen LogP contribution in [0.15, 0.2) is 41.2 Å². The molecule has 0 aliphatic heterocycles. The maximum Gasteiger partial charge on any atom is 0.350 e. The number of hydrogen-bond acceptors (Lipinski definition) is 3. The Balaban J connectivity index is 2.36. The molecule has 0 saturated carbocycles. The number of benzene rings is 1. The summed E-state index contributed by atoms with van der Waals surface area (Å²) in [5.74, 6) is 0.682. The molecular formula is C15H18ClN3O. The molecule has 0 fully saturated rings. The van der Waals surface area contributed by atoms with E-state index in [2.05, 4.69) is 10.3 Å². The summed E-state index contributed by atoms with van der Waals surface area (Å²) in [5.41, 5.74) is 0.804. The summed E-state index contributed by atoms with van der Waals surface area (Å²) in [6.07, 6.45) is 0. The van der Waals surface area contributed by atoms with Gasteiger partial charge in [0.05, 0.1) is 0 Å². The van der Waals surface area contributed by atoms with Crippen LogP contribution in [0.1, 0.15) is 38.4 Å². The normalized spacial score (nSPS) is 12.4. The van der Waals surface area contributed by atoms with Crippen molar-refractivity contribution in [2.45, 2.75) is 32.9 Å². The summed E-state index contributed by atoms with van der Waals surface area (Å²) in [7, 11) is 0. The van der Waals surface area contributed by atoms with E-state index in [0.717, 1.165) is 5.56 Å². The smallest absolute Gasteiger partial charge is 0.350 e. The van der Waals surface area contributed by atoms with Crippen molar-refractivity contribution in [1.82, 2.24) is 9.55 Å². The molecule has 1 aromatic carbocycles. The third kappa shape index (κ3) is 3.20. The Labute approximate surface area is 123 Å². The molecule has 1 N–H and O–H groups in total. The molecule has 0 amide bonds. The molecule has 0 unspecified atom stereocenters. The van der Waals surface area contributed by atoms with Crippen LogP contribution >= 0.6 is 11.6 Å². The number of halogens is 1. The molecule has 2 rings (SSSR count). The summed E-state index contributed by atoms with van der Waals surface area (Å²) >= 11 is 5.89. The number of rotatable bonds is 4. The van der Waals surface area contributed by atoms with Crippen LogP contribution in [-0.2, 0) is 0 Å². The minimum Gasteiger partial charge on any atom is -0.365 e. The van der Waals surface area contributed by atoms with Gasteiger partial charge in [0.15, 0.2) is 0 Å². The van der Waals surface area contributed by atoms with E-state index in [9.17, 15) is 4.79 Å². The van der Waals surface area contributed by atoms with Gasteiger partial charge >= 0.3 is 5.69 Å². The third-order valence-electron chi connectivity index (χ3n) is 3.10. The zero-order valence-corrected chi connectivity index (χ0v) is 12.6. The van der Waals surface area contributed by atoms with Gasteiger partial charge in [-0.1, -0.05) is 41.9 Å². The maximum absolute atomic E-state index is 11.9. The standard InChI is InChI=1S/C15H18ClN3O/c1-10(2)19-14(9-13(16)18-15(19)20)17-11(3)12-7-5-4-6-8-12/h4-11,17H,1-3H3/t11-/m0/s1. The number of hydrogen-bond donors (Lipinski definition) is 1. The van der Waals surface area contributed by atoms with Crippen molar-refractivity contribution in [3.63, 3.8) is 0 Å². The number of nitrogens with zero attached hydrogens (tertiary/aromatic N) is 2. The van der Waals surface area contributed by atoms with Crippen molar-refractivity contribution in [1.29, 1.82) is 0 Å². The molecule has 0 spiro atoms. The van der Waals surface area contributed by atoms with Crippen molar-refractivity contribution in [2.75, 3.05) is 5.32 Å². The summed E-state index contributed by atoms with van der Waals surface area (Å²) in [5, 5.41) is 3.53. The van der Waals surface area contributed by atoms with Gasteiger partial charge in [-0.3, -0.25) is 4.57 Å². The van der Waals surface area contributed by atoms with Crippen molar-refractivity contribution in [2.24, 2.45) is 0 Å². The van der Waals surface area contributed by atoms with Gasteiger partial charge in [0, 0.05) is 18.2 Å². The molecule has 1 atom stereocenters. The van der Waals surface area contributed by atoms with E-state index in [0.29, 0.717) is 5.82 Å². The molecule has 0 aliphatic rings. The highest BCUT2D eigenvalue weighted by atomic mass is 35.5. The highest BCUT2D eigenvalue weighted by molar-refractivity contribution is 6.29. The van der Waals surface area contributed by atoms with Gasteiger partial charge in [0.25, 0.3) is 0 Å². The van der Waals surface area contributed by atoms with Crippen molar-refractivity contribution in [3.05, 3.63) is 57.6 Å². The van der Waals surface area contributed by atoms with Crippen LogP contribution in [0.3, 0.4) is 0 Å². The quantitative estimate of drug-likeness (QED) is 0.875. The molecule has 5 heteroatoms. The first-order valence-corrected chi connectivity index (χ1v) is 6.97. The fraction of sp³-hybridized carbons (Fsp3) is 0.333. The fourth-order valence-electron chi connectivity index (χ4n) is 2.12. The minimum absolute atomic E-state index is 0.0118. The van der Waals surface area contributed by atoms with Crippen molar-refractivity contribution < 1.29 is 0 Å². The molecule has 20 heavy (non-hydrogen) atoms. The van der Waals surface area contributed by atoms with Crippen LogP contribution < -0.4 is 11.0 Å². The molecule has 0 aliphatic carbocycles. The third-order valence-corrected chi connectivity index (χ3v) is 3.30. The molecule has 1 aromatic heterocycles. The van der Waals surface area contributed by atoms with Gasteiger partial charge in [-0.15, -0.1) is 0 Å². The molecule has 0 saturated heterocycles. The lowest BCUT2D eigenvalue weighted by Gasteiger charge is -2.21. The topological polar surface area (TPSA) is 46.9 Å². The predicted molar refractivity (Wildman–Crippen MR) is 82.4 cm³/mol. The van der Waals surface area contributed by atoms with Crippen LogP contribution in [0.25, 0.3) is 0 Å². The van der Waals surface area contributed by atoms with Gasteiger partial charge in [-0.2, -0.15) is 4.98 Å². The number of aromatic nitrogens is 2. The van der Waals surface area contributed by atoms with Gasteiger partial charge < -0.3 is 5.32 Å². The Morgan fingerprint density at radius 2 is 1.85 bits per heavy atom. The highest BCUT2D eigenvalue weighted by Crippen LogP contribution is 2.21. The van der Waals surface area contributed by atoms with Crippen molar-refractivity contribution >= 4 is 17.4 Å². The molecular weight excluding hydrogens is 274 g/mol. The first kappa shape index (κ1) is 14.6. The van der Waals surface area contributed by atoms with Gasteiger partial charge in [0.1, 0.15) is 11.0 Å². The fourth-order valence-corrected chi connectivity index (χ4v) is 2.30. The van der Waals surface area contributed by atoms with Crippen LogP contribution in [0.2, 0.25) is 5.15 Å². The van der Waals surface area contributed by atoms with Crippen LogP contribution in [0.4, 0.5) is 5.82 Å². The van der Waals surface area contributed by atoms with E-state index in [1.165, 1.54) is 0 Å². The lowest BCUT2D eigenvalue weighted by molar-refractivity contribution is 0.566. The molecule has 106 valence electrons. The first-order valence-electron chi connectivity index (χ1n) is 6.59. The largest absolute Gasteiger partial charge is 0.365 e. The minimum atomic E-state index is -0.338. The Kier molecular flexibility index (Phi) is 4.45. The lowest BCUT2D eigenvalue weighted by atomic mass is 10.1. The van der Waals surface area contributed by atoms with E-state index < -0.39 is 0 Å². The zero-order valence-electron chi connectivity index (χ0n) is 11.8. The van der Waals surface area contributed by atoms with E-state index in [1.54, 1.807) is 10.6 Å². The second-order valence-electron chi connectivity index (χ2n) is 4.99. The first-order chi connectivity index (χ1) is 9.49. The second kappa shape index (κ2) is 6.09. The Hall–Kier alpha value is -1.81. The monoisotopic (exact) mass is 291 g/mol. The van der Waals surface area contributed by atoms with Gasteiger partial charge in [-0.05, 0) is 26.3 Å². The molecule has 2 aromatic rings.